The molecule has 0 fully saturated rings. The van der Waals surface area contributed by atoms with Crippen molar-refractivity contribution in [3.8, 4) is 0 Å². The van der Waals surface area contributed by atoms with Crippen LogP contribution in [0.25, 0.3) is 0 Å². The molecule has 0 radical (unpaired) electrons. The van der Waals surface area contributed by atoms with Crippen LogP contribution in [0.3, 0.4) is 0 Å². The van der Waals surface area contributed by atoms with E-state index in [1.165, 1.54) is 12.1 Å². The maximum atomic E-state index is 10.8. The molecule has 0 spiro atoms. The molecule has 2 aromatic rings. The average molecular weight is 255 g/mol. The zero-order valence-corrected chi connectivity index (χ0v) is 10.4. The number of azo groups is 1. The highest BCUT2D eigenvalue weighted by molar-refractivity contribution is 5.88. The van der Waals surface area contributed by atoms with Crippen molar-refractivity contribution in [2.24, 2.45) is 10.2 Å². The minimum absolute atomic E-state index is 0.196. The Morgan fingerprint density at radius 2 is 1.74 bits per heavy atom. The third-order valence-electron chi connectivity index (χ3n) is 2.53. The van der Waals surface area contributed by atoms with E-state index in [1.54, 1.807) is 12.1 Å². The quantitative estimate of drug-likeness (QED) is 0.815. The fourth-order valence-electron chi connectivity index (χ4n) is 1.51. The van der Waals surface area contributed by atoms with Crippen LogP contribution in [-0.2, 0) is 0 Å². The predicted octanol–water partition coefficient (Wildman–Crippen LogP) is 3.84. The first-order valence-corrected chi connectivity index (χ1v) is 5.72. The molecule has 2 N–H and O–H groups in total. The highest BCUT2D eigenvalue weighted by atomic mass is 16.4. The maximum Gasteiger partial charge on any atom is 0.335 e. The van der Waals surface area contributed by atoms with E-state index >= 15 is 0 Å². The summed E-state index contributed by atoms with van der Waals surface area (Å²) in [6, 6.07) is 13.8. The van der Waals surface area contributed by atoms with Gasteiger partial charge in [0, 0.05) is 12.7 Å². The van der Waals surface area contributed by atoms with Crippen LogP contribution in [0.5, 0.6) is 0 Å². The minimum Gasteiger partial charge on any atom is -0.478 e. The summed E-state index contributed by atoms with van der Waals surface area (Å²) in [6.45, 7) is 0. The molecule has 2 rings (SSSR count). The summed E-state index contributed by atoms with van der Waals surface area (Å²) < 4.78 is 0. The predicted molar refractivity (Wildman–Crippen MR) is 73.6 cm³/mol. The van der Waals surface area contributed by atoms with Crippen LogP contribution in [0.15, 0.2) is 58.8 Å². The molecule has 0 bridgehead atoms. The molecule has 0 aliphatic carbocycles. The summed E-state index contributed by atoms with van der Waals surface area (Å²) in [6.07, 6.45) is 0. The van der Waals surface area contributed by atoms with Crippen LogP contribution in [0.1, 0.15) is 10.4 Å². The van der Waals surface area contributed by atoms with Gasteiger partial charge in [-0.05, 0) is 42.5 Å². The molecule has 5 heteroatoms. The van der Waals surface area contributed by atoms with Crippen molar-refractivity contribution in [2.75, 3.05) is 12.4 Å². The third-order valence-corrected chi connectivity index (χ3v) is 2.53. The van der Waals surface area contributed by atoms with Gasteiger partial charge in [0.25, 0.3) is 0 Å². The van der Waals surface area contributed by atoms with Gasteiger partial charge >= 0.3 is 5.97 Å². The average Bonchev–Trinajstić information content (AvgIpc) is 2.46. The van der Waals surface area contributed by atoms with E-state index in [1.807, 2.05) is 31.3 Å². The van der Waals surface area contributed by atoms with Gasteiger partial charge in [-0.2, -0.15) is 10.2 Å². The number of hydrogen-bond acceptors (Lipinski definition) is 4. The van der Waals surface area contributed by atoms with E-state index in [9.17, 15) is 4.79 Å². The molecule has 19 heavy (non-hydrogen) atoms. The Hall–Kier alpha value is -2.69. The molecule has 0 saturated heterocycles. The lowest BCUT2D eigenvalue weighted by atomic mass is 10.2. The lowest BCUT2D eigenvalue weighted by molar-refractivity contribution is 0.0697. The van der Waals surface area contributed by atoms with Crippen LogP contribution in [0.2, 0.25) is 0 Å². The molecule has 0 aliphatic rings. The number of benzene rings is 2. The van der Waals surface area contributed by atoms with Gasteiger partial charge in [0.05, 0.1) is 16.9 Å². The number of aromatic carboxylic acids is 1. The minimum atomic E-state index is -0.976. The Kier molecular flexibility index (Phi) is 3.87. The van der Waals surface area contributed by atoms with E-state index in [2.05, 4.69) is 15.5 Å². The molecule has 5 nitrogen and oxygen atoms in total. The Morgan fingerprint density at radius 3 is 2.37 bits per heavy atom. The molecule has 0 saturated carbocycles. The number of anilines is 1. The second-order valence-corrected chi connectivity index (χ2v) is 3.85. The van der Waals surface area contributed by atoms with Gasteiger partial charge < -0.3 is 10.4 Å². The number of nitrogens with one attached hydrogen (secondary N) is 1. The molecule has 2 aromatic carbocycles. The fourth-order valence-corrected chi connectivity index (χ4v) is 1.51. The molecule has 0 aliphatic heterocycles. The lowest BCUT2D eigenvalue weighted by Crippen LogP contribution is -1.94. The molecule has 0 heterocycles. The first kappa shape index (κ1) is 12.8. The second-order valence-electron chi connectivity index (χ2n) is 3.85. The van der Waals surface area contributed by atoms with Gasteiger partial charge in [-0.3, -0.25) is 0 Å². The molecular weight excluding hydrogens is 242 g/mol. The number of nitrogens with zero attached hydrogens (tertiary/aromatic N) is 2. The molecular formula is C14H13N3O2. The van der Waals surface area contributed by atoms with Crippen LogP contribution < -0.4 is 5.32 Å². The summed E-state index contributed by atoms with van der Waals surface area (Å²) in [4.78, 5) is 10.8. The topological polar surface area (TPSA) is 74.0 Å². The zero-order chi connectivity index (χ0) is 13.7. The molecule has 0 atom stereocenters. The van der Waals surface area contributed by atoms with Crippen LogP contribution >= 0.6 is 0 Å². The van der Waals surface area contributed by atoms with Gasteiger partial charge in [0.15, 0.2) is 0 Å². The van der Waals surface area contributed by atoms with Crippen LogP contribution in [0, 0.1) is 0 Å². The van der Waals surface area contributed by atoms with Crippen molar-refractivity contribution in [1.29, 1.82) is 0 Å². The lowest BCUT2D eigenvalue weighted by Gasteiger charge is -1.99. The van der Waals surface area contributed by atoms with Crippen molar-refractivity contribution in [3.63, 3.8) is 0 Å². The van der Waals surface area contributed by atoms with Gasteiger partial charge in [-0.1, -0.05) is 6.07 Å². The first-order valence-electron chi connectivity index (χ1n) is 5.72. The van der Waals surface area contributed by atoms with Crippen molar-refractivity contribution in [2.45, 2.75) is 0 Å². The van der Waals surface area contributed by atoms with Crippen molar-refractivity contribution >= 4 is 23.0 Å². The van der Waals surface area contributed by atoms with Crippen molar-refractivity contribution in [3.05, 3.63) is 54.1 Å². The second kappa shape index (κ2) is 5.77. The van der Waals surface area contributed by atoms with Gasteiger partial charge in [-0.25, -0.2) is 4.79 Å². The molecule has 0 amide bonds. The highest BCUT2D eigenvalue weighted by Gasteiger charge is 2.02. The van der Waals surface area contributed by atoms with E-state index in [0.717, 1.165) is 5.69 Å². The van der Waals surface area contributed by atoms with E-state index in [0.29, 0.717) is 11.4 Å². The van der Waals surface area contributed by atoms with E-state index < -0.39 is 5.97 Å². The molecule has 96 valence electrons. The smallest absolute Gasteiger partial charge is 0.335 e. The Morgan fingerprint density at radius 1 is 1.05 bits per heavy atom. The van der Waals surface area contributed by atoms with Crippen LogP contribution in [0.4, 0.5) is 17.1 Å². The first-order chi connectivity index (χ1) is 9.19. The largest absolute Gasteiger partial charge is 0.478 e. The number of carboxylic acid groups (broad SMARTS) is 1. The monoisotopic (exact) mass is 255 g/mol. The molecule has 0 unspecified atom stereocenters. The third kappa shape index (κ3) is 3.38. The standard InChI is InChI=1S/C14H13N3O2/c1-15-11-5-7-12(8-6-11)16-17-13-4-2-3-10(9-13)14(18)19/h2-9,15H,1H3,(H,18,19). The van der Waals surface area contributed by atoms with Crippen LogP contribution in [-0.4, -0.2) is 18.1 Å². The van der Waals surface area contributed by atoms with E-state index in [4.69, 9.17) is 5.11 Å². The summed E-state index contributed by atoms with van der Waals surface area (Å²) in [5.74, 6) is -0.976. The summed E-state index contributed by atoms with van der Waals surface area (Å²) in [5, 5.41) is 20.0. The van der Waals surface area contributed by atoms with Gasteiger partial charge in [0.2, 0.25) is 0 Å². The van der Waals surface area contributed by atoms with Gasteiger partial charge in [0.1, 0.15) is 0 Å². The summed E-state index contributed by atoms with van der Waals surface area (Å²) >= 11 is 0. The number of carboxylic acids is 1. The normalized spacial score (nSPS) is 10.6. The number of hydrogen-bond donors (Lipinski definition) is 2. The van der Waals surface area contributed by atoms with Crippen molar-refractivity contribution < 1.29 is 9.90 Å². The fraction of sp³-hybridized carbons (Fsp3) is 0.0714. The SMILES string of the molecule is CNc1ccc(N=Nc2cccc(C(=O)O)c2)cc1. The Bertz CT molecular complexity index is 606. The number of carbonyl (C=O) groups is 1. The Balaban J connectivity index is 2.17. The summed E-state index contributed by atoms with van der Waals surface area (Å²) in [5.41, 5.74) is 2.41. The maximum absolute atomic E-state index is 10.8. The summed E-state index contributed by atoms with van der Waals surface area (Å²) in [7, 11) is 1.84. The van der Waals surface area contributed by atoms with Gasteiger partial charge in [-0.15, -0.1) is 0 Å². The number of rotatable bonds is 4. The zero-order valence-electron chi connectivity index (χ0n) is 10.4. The highest BCUT2D eigenvalue weighted by Crippen LogP contribution is 2.20. The van der Waals surface area contributed by atoms with Crippen molar-refractivity contribution in [1.82, 2.24) is 0 Å². The van der Waals surface area contributed by atoms with E-state index in [-0.39, 0.29) is 5.56 Å². The molecule has 0 aromatic heterocycles. The Labute approximate surface area is 110 Å².